The molecule has 3 N–H and O–H groups in total. The summed E-state index contributed by atoms with van der Waals surface area (Å²) in [5, 5.41) is 0. The van der Waals surface area contributed by atoms with Crippen LogP contribution >= 0.6 is 11.8 Å². The Morgan fingerprint density at radius 1 is 1.57 bits per heavy atom. The molecule has 1 aromatic carbocycles. The van der Waals surface area contributed by atoms with E-state index in [9.17, 15) is 4.79 Å². The van der Waals surface area contributed by atoms with E-state index in [-0.39, 0.29) is 0 Å². The number of nitrogens with zero attached hydrogens (tertiary/aromatic N) is 1. The summed E-state index contributed by atoms with van der Waals surface area (Å²) in [5.74, 6) is -0.446. The topological polar surface area (TPSA) is 71.8 Å². The molecule has 1 amide bonds. The van der Waals surface area contributed by atoms with E-state index in [2.05, 4.69) is 9.97 Å². The molecule has 0 bridgehead atoms. The van der Waals surface area contributed by atoms with Gasteiger partial charge in [-0.15, -0.1) is 11.8 Å². The zero-order chi connectivity index (χ0) is 10.1. The highest BCUT2D eigenvalue weighted by atomic mass is 32.2. The molecular weight excluding hydrogens is 198 g/mol. The van der Waals surface area contributed by atoms with Crippen molar-refractivity contribution in [3.05, 3.63) is 24.0 Å². The summed E-state index contributed by atoms with van der Waals surface area (Å²) in [7, 11) is 0. The van der Waals surface area contributed by atoms with E-state index in [1.165, 1.54) is 0 Å². The van der Waals surface area contributed by atoms with Crippen molar-refractivity contribution in [1.29, 1.82) is 0 Å². The van der Waals surface area contributed by atoms with Crippen LogP contribution in [0.3, 0.4) is 0 Å². The van der Waals surface area contributed by atoms with E-state index in [1.807, 2.05) is 12.3 Å². The Balaban J connectivity index is 2.76. The second kappa shape index (κ2) is 3.34. The quantitative estimate of drug-likeness (QED) is 0.731. The molecule has 0 fully saturated rings. The molecule has 5 heteroatoms. The smallest absolute Gasteiger partial charge is 0.251 e. The number of thioether (sulfide) groups is 1. The van der Waals surface area contributed by atoms with Gasteiger partial charge < -0.3 is 10.7 Å². The van der Waals surface area contributed by atoms with Crippen LogP contribution in [-0.2, 0) is 0 Å². The molecule has 0 aliphatic heterocycles. The molecule has 0 spiro atoms. The van der Waals surface area contributed by atoms with E-state index < -0.39 is 5.91 Å². The first-order valence-electron chi connectivity index (χ1n) is 4.03. The molecule has 0 atom stereocenters. The van der Waals surface area contributed by atoms with Gasteiger partial charge in [0.15, 0.2) is 0 Å². The summed E-state index contributed by atoms with van der Waals surface area (Å²) >= 11 is 1.56. The van der Waals surface area contributed by atoms with Crippen LogP contribution in [0.4, 0.5) is 0 Å². The molecule has 2 aromatic rings. The Morgan fingerprint density at radius 2 is 2.36 bits per heavy atom. The minimum Gasteiger partial charge on any atom is -0.366 e. The molecule has 1 heterocycles. The number of nitrogens with one attached hydrogen (secondary N) is 1. The van der Waals surface area contributed by atoms with E-state index in [0.29, 0.717) is 11.1 Å². The number of H-pyrrole nitrogens is 1. The highest BCUT2D eigenvalue weighted by Crippen LogP contribution is 2.23. The fourth-order valence-corrected chi connectivity index (χ4v) is 1.80. The van der Waals surface area contributed by atoms with Crippen molar-refractivity contribution in [3.63, 3.8) is 0 Å². The number of amides is 1. The molecular formula is C9H9N3OS. The fourth-order valence-electron chi connectivity index (χ4n) is 1.33. The van der Waals surface area contributed by atoms with E-state index >= 15 is 0 Å². The largest absolute Gasteiger partial charge is 0.366 e. The lowest BCUT2D eigenvalue weighted by Gasteiger charge is -2.00. The number of hydrogen-bond donors (Lipinski definition) is 2. The van der Waals surface area contributed by atoms with Crippen LogP contribution in [-0.4, -0.2) is 22.1 Å². The third kappa shape index (κ3) is 1.35. The average Bonchev–Trinajstić information content (AvgIpc) is 2.63. The Labute approximate surface area is 84.9 Å². The maximum Gasteiger partial charge on any atom is 0.251 e. The monoisotopic (exact) mass is 207 g/mol. The SMILES string of the molecule is CSc1cc(C(N)=O)c2nc[nH]c2c1. The highest BCUT2D eigenvalue weighted by molar-refractivity contribution is 7.98. The van der Waals surface area contributed by atoms with E-state index in [1.54, 1.807) is 24.2 Å². The van der Waals surface area contributed by atoms with Crippen LogP contribution in [0.15, 0.2) is 23.4 Å². The van der Waals surface area contributed by atoms with Crippen LogP contribution in [0.25, 0.3) is 11.0 Å². The first-order valence-corrected chi connectivity index (χ1v) is 5.26. The number of carbonyl (C=O) groups is 1. The van der Waals surface area contributed by atoms with Gasteiger partial charge in [0.05, 0.1) is 17.4 Å². The number of imidazole rings is 1. The molecule has 0 aliphatic carbocycles. The van der Waals surface area contributed by atoms with Gasteiger partial charge >= 0.3 is 0 Å². The molecule has 4 nitrogen and oxygen atoms in total. The number of aromatic nitrogens is 2. The van der Waals surface area contributed by atoms with Crippen molar-refractivity contribution in [2.24, 2.45) is 5.73 Å². The van der Waals surface area contributed by atoms with Gasteiger partial charge in [-0.1, -0.05) is 0 Å². The van der Waals surface area contributed by atoms with Gasteiger partial charge in [-0.2, -0.15) is 0 Å². The summed E-state index contributed by atoms with van der Waals surface area (Å²) in [4.78, 5) is 19.1. The minimum atomic E-state index is -0.446. The average molecular weight is 207 g/mol. The first kappa shape index (κ1) is 9.08. The van der Waals surface area contributed by atoms with Crippen LogP contribution < -0.4 is 5.73 Å². The Hall–Kier alpha value is -1.49. The zero-order valence-corrected chi connectivity index (χ0v) is 8.39. The second-order valence-electron chi connectivity index (χ2n) is 2.84. The lowest BCUT2D eigenvalue weighted by Crippen LogP contribution is -2.11. The van der Waals surface area contributed by atoms with Crippen molar-refractivity contribution >= 4 is 28.7 Å². The number of primary amides is 1. The van der Waals surface area contributed by atoms with Gasteiger partial charge in [0, 0.05) is 4.90 Å². The number of carbonyl (C=O) groups excluding carboxylic acids is 1. The van der Waals surface area contributed by atoms with Gasteiger partial charge in [-0.25, -0.2) is 4.98 Å². The zero-order valence-electron chi connectivity index (χ0n) is 7.57. The van der Waals surface area contributed by atoms with Crippen LogP contribution in [0.1, 0.15) is 10.4 Å². The van der Waals surface area contributed by atoms with Gasteiger partial charge in [0.25, 0.3) is 5.91 Å². The Bertz CT molecular complexity index is 492. The van der Waals surface area contributed by atoms with Gasteiger partial charge in [0.1, 0.15) is 5.52 Å². The first-order chi connectivity index (χ1) is 6.72. The molecule has 14 heavy (non-hydrogen) atoms. The minimum absolute atomic E-state index is 0.446. The van der Waals surface area contributed by atoms with Crippen molar-refractivity contribution in [2.75, 3.05) is 6.26 Å². The maximum absolute atomic E-state index is 11.1. The van der Waals surface area contributed by atoms with Crippen LogP contribution in [0, 0.1) is 0 Å². The lowest BCUT2D eigenvalue weighted by atomic mass is 10.2. The second-order valence-corrected chi connectivity index (χ2v) is 3.72. The summed E-state index contributed by atoms with van der Waals surface area (Å²) in [6.45, 7) is 0. The lowest BCUT2D eigenvalue weighted by molar-refractivity contribution is 0.100. The van der Waals surface area contributed by atoms with Crippen molar-refractivity contribution in [1.82, 2.24) is 9.97 Å². The maximum atomic E-state index is 11.1. The predicted octanol–water partition coefficient (Wildman–Crippen LogP) is 1.38. The molecule has 0 radical (unpaired) electrons. The van der Waals surface area contributed by atoms with Crippen LogP contribution in [0.5, 0.6) is 0 Å². The third-order valence-corrected chi connectivity index (χ3v) is 2.71. The predicted molar refractivity (Wildman–Crippen MR) is 56.4 cm³/mol. The molecule has 72 valence electrons. The molecule has 0 saturated heterocycles. The van der Waals surface area contributed by atoms with Gasteiger partial charge in [-0.05, 0) is 18.4 Å². The number of fused-ring (bicyclic) bond motifs is 1. The number of benzene rings is 1. The molecule has 1 aromatic heterocycles. The fraction of sp³-hybridized carbons (Fsp3) is 0.111. The molecule has 0 unspecified atom stereocenters. The molecule has 0 aliphatic rings. The van der Waals surface area contributed by atoms with E-state index in [4.69, 9.17) is 5.73 Å². The third-order valence-electron chi connectivity index (χ3n) is 2.00. The van der Waals surface area contributed by atoms with Crippen LogP contribution in [0.2, 0.25) is 0 Å². The van der Waals surface area contributed by atoms with Gasteiger partial charge in [-0.3, -0.25) is 4.79 Å². The number of rotatable bonds is 2. The number of nitrogens with two attached hydrogens (primary N) is 1. The van der Waals surface area contributed by atoms with E-state index in [0.717, 1.165) is 10.4 Å². The van der Waals surface area contributed by atoms with Crippen molar-refractivity contribution < 1.29 is 4.79 Å². The summed E-state index contributed by atoms with van der Waals surface area (Å²) in [6, 6.07) is 3.70. The number of hydrogen-bond acceptors (Lipinski definition) is 3. The van der Waals surface area contributed by atoms with Gasteiger partial charge in [0.2, 0.25) is 0 Å². The summed E-state index contributed by atoms with van der Waals surface area (Å²) < 4.78 is 0. The highest BCUT2D eigenvalue weighted by Gasteiger charge is 2.10. The standard InChI is InChI=1S/C9H9N3OS/c1-14-5-2-6(9(10)13)8-7(3-5)11-4-12-8/h2-4H,1H3,(H2,10,13)(H,11,12). The van der Waals surface area contributed by atoms with Crippen molar-refractivity contribution in [2.45, 2.75) is 4.90 Å². The van der Waals surface area contributed by atoms with Crippen molar-refractivity contribution in [3.8, 4) is 0 Å². The number of aromatic amines is 1. The summed E-state index contributed by atoms with van der Waals surface area (Å²) in [6.07, 6.45) is 3.50. The Morgan fingerprint density at radius 3 is 3.00 bits per heavy atom. The Kier molecular flexibility index (Phi) is 2.17. The molecule has 2 rings (SSSR count). The normalized spacial score (nSPS) is 10.6. The summed E-state index contributed by atoms with van der Waals surface area (Å²) in [5.41, 5.74) is 7.20. The molecule has 0 saturated carbocycles.